The summed E-state index contributed by atoms with van der Waals surface area (Å²) in [5.41, 5.74) is -0.240. The van der Waals surface area contributed by atoms with Gasteiger partial charge in [-0.05, 0) is 43.2 Å². The van der Waals surface area contributed by atoms with Gasteiger partial charge in [0, 0.05) is 37.9 Å². The molecule has 35 heavy (non-hydrogen) atoms. The summed E-state index contributed by atoms with van der Waals surface area (Å²) in [5, 5.41) is 13.2. The van der Waals surface area contributed by atoms with Gasteiger partial charge in [-0.15, -0.1) is 0 Å². The number of alkyl halides is 2. The summed E-state index contributed by atoms with van der Waals surface area (Å²) in [6.45, 7) is -0.616. The van der Waals surface area contributed by atoms with Crippen LogP contribution >= 0.6 is 43.5 Å². The van der Waals surface area contributed by atoms with Crippen molar-refractivity contribution in [2.45, 2.75) is 22.5 Å². The molecule has 4 atom stereocenters. The van der Waals surface area contributed by atoms with Crippen molar-refractivity contribution in [3.63, 3.8) is 0 Å². The average Bonchev–Trinajstić information content (AvgIpc) is 3.06. The molecule has 1 aliphatic heterocycles. The highest BCUT2D eigenvalue weighted by Gasteiger charge is 2.54. The maximum absolute atomic E-state index is 13.5. The van der Waals surface area contributed by atoms with E-state index in [2.05, 4.69) is 31.9 Å². The third kappa shape index (κ3) is 5.03. The van der Waals surface area contributed by atoms with E-state index in [1.807, 2.05) is 0 Å². The van der Waals surface area contributed by atoms with Gasteiger partial charge in [-0.25, -0.2) is 5.01 Å². The summed E-state index contributed by atoms with van der Waals surface area (Å²) in [6.07, 6.45) is 0.761. The largest absolute Gasteiger partial charge is 0.292 e. The number of fused-ring (bicyclic) bond motifs is 1. The minimum Gasteiger partial charge on any atom is -0.292 e. The molecular weight excluding hydrogens is 610 g/mol. The molecule has 182 valence electrons. The van der Waals surface area contributed by atoms with Gasteiger partial charge >= 0.3 is 0 Å². The van der Waals surface area contributed by atoms with Crippen molar-refractivity contribution in [2.75, 3.05) is 6.54 Å². The van der Waals surface area contributed by atoms with Crippen LogP contribution in [0.2, 0.25) is 5.02 Å². The van der Waals surface area contributed by atoms with Crippen LogP contribution in [0, 0.1) is 22.0 Å². The molecule has 3 amide bonds. The second kappa shape index (κ2) is 10.2. The highest BCUT2D eigenvalue weighted by atomic mass is 79.9. The van der Waals surface area contributed by atoms with Gasteiger partial charge in [-0.3, -0.25) is 29.3 Å². The summed E-state index contributed by atoms with van der Waals surface area (Å²) in [5.74, 6) is -3.86. The smallest absolute Gasteiger partial charge is 0.273 e. The molecular formula is C23H18Br2ClN3O6. The predicted molar refractivity (Wildman–Crippen MR) is 133 cm³/mol. The normalized spacial score (nSPS) is 23.7. The zero-order chi connectivity index (χ0) is 25.4. The number of amides is 3. The van der Waals surface area contributed by atoms with Crippen LogP contribution in [0.25, 0.3) is 0 Å². The van der Waals surface area contributed by atoms with Crippen LogP contribution in [-0.4, -0.2) is 54.6 Å². The van der Waals surface area contributed by atoms with Crippen molar-refractivity contribution in [1.29, 1.82) is 0 Å². The number of rotatable bonds is 6. The fourth-order valence-electron chi connectivity index (χ4n) is 4.31. The molecule has 9 nitrogen and oxygen atoms in total. The Balaban J connectivity index is 1.72. The van der Waals surface area contributed by atoms with Gasteiger partial charge < -0.3 is 0 Å². The van der Waals surface area contributed by atoms with Crippen LogP contribution in [0.3, 0.4) is 0 Å². The first-order valence-electron chi connectivity index (χ1n) is 10.6. The highest BCUT2D eigenvalue weighted by molar-refractivity contribution is 9.12. The molecule has 0 radical (unpaired) electrons. The molecule has 2 fully saturated rings. The molecule has 0 N–H and O–H groups in total. The molecule has 1 aliphatic carbocycles. The van der Waals surface area contributed by atoms with E-state index in [0.29, 0.717) is 17.9 Å². The van der Waals surface area contributed by atoms with Crippen molar-refractivity contribution in [3.05, 3.63) is 74.8 Å². The molecule has 2 aliphatic rings. The number of hydrogen-bond donors (Lipinski definition) is 0. The SMILES string of the molecule is O=C(CN(C(=O)c1cccc([N+](=O)[O-])c1)N1C(=O)[C@@H]2C[C@H](Br)[C@@H](Br)C[C@H]2C1=O)c1ccc(Cl)cc1. The lowest BCUT2D eigenvalue weighted by Crippen LogP contribution is -2.52. The van der Waals surface area contributed by atoms with Crippen molar-refractivity contribution in [3.8, 4) is 0 Å². The number of nitro benzene ring substituents is 1. The van der Waals surface area contributed by atoms with Crippen LogP contribution in [0.15, 0.2) is 48.5 Å². The number of hydrogen-bond acceptors (Lipinski definition) is 6. The minimum atomic E-state index is -0.873. The number of Topliss-reactive ketones (excluding diaryl/α,β-unsaturated/α-hetero) is 1. The lowest BCUT2D eigenvalue weighted by atomic mass is 9.81. The van der Waals surface area contributed by atoms with Crippen molar-refractivity contribution < 1.29 is 24.1 Å². The fraction of sp³-hybridized carbons (Fsp3) is 0.304. The van der Waals surface area contributed by atoms with Crippen molar-refractivity contribution in [2.24, 2.45) is 11.8 Å². The number of non-ortho nitro benzene ring substituents is 1. The third-order valence-electron chi connectivity index (χ3n) is 6.13. The quantitative estimate of drug-likeness (QED) is 0.154. The van der Waals surface area contributed by atoms with Crippen LogP contribution in [0.1, 0.15) is 33.6 Å². The van der Waals surface area contributed by atoms with E-state index in [1.165, 1.54) is 42.5 Å². The summed E-state index contributed by atoms with van der Waals surface area (Å²) < 4.78 is 0. The molecule has 0 bridgehead atoms. The Morgan fingerprint density at radius 2 is 1.57 bits per heavy atom. The number of imide groups is 1. The van der Waals surface area contributed by atoms with Crippen LogP contribution in [0.4, 0.5) is 5.69 Å². The number of nitro groups is 1. The second-order valence-corrected chi connectivity index (χ2v) is 11.1. The average molecular weight is 628 g/mol. The summed E-state index contributed by atoms with van der Waals surface area (Å²) in [6, 6.07) is 10.9. The first-order valence-corrected chi connectivity index (χ1v) is 12.8. The van der Waals surface area contributed by atoms with E-state index >= 15 is 0 Å². The molecule has 2 aromatic rings. The molecule has 2 aromatic carbocycles. The van der Waals surface area contributed by atoms with Crippen LogP contribution < -0.4 is 0 Å². The molecule has 1 heterocycles. The monoisotopic (exact) mass is 625 g/mol. The molecule has 0 spiro atoms. The maximum Gasteiger partial charge on any atom is 0.273 e. The predicted octanol–water partition coefficient (Wildman–Crippen LogP) is 4.41. The van der Waals surface area contributed by atoms with E-state index in [-0.39, 0.29) is 26.5 Å². The molecule has 0 unspecified atom stereocenters. The first-order chi connectivity index (χ1) is 16.6. The zero-order valence-corrected chi connectivity index (χ0v) is 21.9. The van der Waals surface area contributed by atoms with Gasteiger partial charge in [0.1, 0.15) is 6.54 Å². The summed E-state index contributed by atoms with van der Waals surface area (Å²) in [7, 11) is 0. The lowest BCUT2D eigenvalue weighted by Gasteiger charge is -2.30. The zero-order valence-electron chi connectivity index (χ0n) is 18.0. The Morgan fingerprint density at radius 1 is 1.00 bits per heavy atom. The van der Waals surface area contributed by atoms with Crippen molar-refractivity contribution >= 4 is 72.7 Å². The molecule has 4 rings (SSSR count). The maximum atomic E-state index is 13.5. The number of benzene rings is 2. The Hall–Kier alpha value is -2.63. The third-order valence-corrected chi connectivity index (χ3v) is 9.11. The second-order valence-electron chi connectivity index (χ2n) is 8.30. The lowest BCUT2D eigenvalue weighted by molar-refractivity contribution is -0.384. The summed E-state index contributed by atoms with van der Waals surface area (Å²) in [4.78, 5) is 63.8. The van der Waals surface area contributed by atoms with Crippen LogP contribution in [0.5, 0.6) is 0 Å². The highest BCUT2D eigenvalue weighted by Crippen LogP contribution is 2.43. The topological polar surface area (TPSA) is 118 Å². The van der Waals surface area contributed by atoms with E-state index in [1.54, 1.807) is 0 Å². The molecule has 1 saturated carbocycles. The van der Waals surface area contributed by atoms with E-state index in [0.717, 1.165) is 16.1 Å². The summed E-state index contributed by atoms with van der Waals surface area (Å²) >= 11 is 12.9. The van der Waals surface area contributed by atoms with E-state index < -0.39 is 46.8 Å². The number of carbonyl (C=O) groups is 4. The standard InChI is InChI=1S/C23H18Br2ClN3O6/c24-18-9-16-17(10-19(18)25)23(33)28(22(16)32)27(11-20(30)12-4-6-14(26)7-5-12)21(31)13-2-1-3-15(8-13)29(34)35/h1-8,16-19H,9-11H2/t16-,17-,18+,19+/m1/s1. The Kier molecular flexibility index (Phi) is 7.39. The Labute approximate surface area is 221 Å². The van der Waals surface area contributed by atoms with Gasteiger partial charge in [0.15, 0.2) is 5.78 Å². The van der Waals surface area contributed by atoms with Gasteiger partial charge in [0.05, 0.1) is 16.8 Å². The number of ketones is 1. The minimum absolute atomic E-state index is 0.0444. The van der Waals surface area contributed by atoms with Gasteiger partial charge in [0.25, 0.3) is 23.4 Å². The van der Waals surface area contributed by atoms with E-state index in [9.17, 15) is 29.3 Å². The number of nitrogens with zero attached hydrogens (tertiary/aromatic N) is 3. The molecule has 1 saturated heterocycles. The van der Waals surface area contributed by atoms with E-state index in [4.69, 9.17) is 11.6 Å². The van der Waals surface area contributed by atoms with Gasteiger partial charge in [-0.2, -0.15) is 5.01 Å². The fourth-order valence-corrected chi connectivity index (χ4v) is 5.68. The first kappa shape index (κ1) is 25.5. The Morgan fingerprint density at radius 3 is 2.11 bits per heavy atom. The molecule has 12 heteroatoms. The van der Waals surface area contributed by atoms with Crippen LogP contribution in [-0.2, 0) is 9.59 Å². The van der Waals surface area contributed by atoms with Gasteiger partial charge in [-0.1, -0.05) is 49.5 Å². The number of hydrazine groups is 1. The Bertz CT molecular complexity index is 1200. The molecule has 0 aromatic heterocycles. The van der Waals surface area contributed by atoms with Crippen molar-refractivity contribution in [1.82, 2.24) is 10.0 Å². The number of halogens is 3. The van der Waals surface area contributed by atoms with Gasteiger partial charge in [0.2, 0.25) is 0 Å². The number of carbonyl (C=O) groups excluding carboxylic acids is 4.